The minimum atomic E-state index is -4.05. The molecule has 0 aliphatic carbocycles. The van der Waals surface area contributed by atoms with Gasteiger partial charge in [-0.25, -0.2) is 0 Å². The average Bonchev–Trinajstić information content (AvgIpc) is 3.25. The molecule has 2 atom stereocenters. The standard InChI is InChI=1S/C31H29ClIN2O4P/c1-4-21(3)39-40(36,37)30-16-25(15-10-20(30)2)38-31-34-28-18-27(33)26(32)17-29(28)35(31)19-22-11-13-24(14-12-22)23-8-6-5-7-9-23/h5-18,21H,4,19H2,1-3H3,(H,36,37). The molecule has 206 valence electrons. The van der Waals surface area contributed by atoms with Crippen LogP contribution >= 0.6 is 41.8 Å². The molecule has 5 aromatic rings. The number of ether oxygens (including phenoxy) is 1. The molecule has 2 unspecified atom stereocenters. The van der Waals surface area contributed by atoms with Crippen molar-refractivity contribution in [1.29, 1.82) is 0 Å². The Balaban J connectivity index is 1.51. The molecule has 0 saturated heterocycles. The summed E-state index contributed by atoms with van der Waals surface area (Å²) in [5.41, 5.74) is 5.56. The predicted octanol–water partition coefficient (Wildman–Crippen LogP) is 8.74. The summed E-state index contributed by atoms with van der Waals surface area (Å²) in [6.45, 7) is 5.95. The molecule has 1 aromatic heterocycles. The van der Waals surface area contributed by atoms with Crippen LogP contribution in [0.15, 0.2) is 84.9 Å². The monoisotopic (exact) mass is 686 g/mol. The van der Waals surface area contributed by atoms with Crippen LogP contribution in [-0.2, 0) is 15.6 Å². The van der Waals surface area contributed by atoms with E-state index < -0.39 is 7.60 Å². The summed E-state index contributed by atoms with van der Waals surface area (Å²) in [4.78, 5) is 15.5. The number of hydrogen-bond acceptors (Lipinski definition) is 4. The number of rotatable bonds is 9. The van der Waals surface area contributed by atoms with E-state index in [9.17, 15) is 9.46 Å². The Bertz CT molecular complexity index is 1710. The Hall–Kier alpha value is -2.68. The fourth-order valence-electron chi connectivity index (χ4n) is 4.38. The first-order valence-electron chi connectivity index (χ1n) is 12.9. The molecular weight excluding hydrogens is 658 g/mol. The second kappa shape index (κ2) is 12.0. The number of aryl methyl sites for hydroxylation is 1. The van der Waals surface area contributed by atoms with Gasteiger partial charge < -0.3 is 14.2 Å². The van der Waals surface area contributed by atoms with Gasteiger partial charge in [0.15, 0.2) is 0 Å². The van der Waals surface area contributed by atoms with E-state index >= 15 is 0 Å². The molecule has 1 heterocycles. The third-order valence-corrected chi connectivity index (χ3v) is 10.0. The highest BCUT2D eigenvalue weighted by atomic mass is 127. The van der Waals surface area contributed by atoms with E-state index in [0.29, 0.717) is 35.3 Å². The fourth-order valence-corrected chi connectivity index (χ4v) is 6.55. The van der Waals surface area contributed by atoms with Gasteiger partial charge in [-0.3, -0.25) is 9.13 Å². The zero-order valence-electron chi connectivity index (χ0n) is 22.3. The predicted molar refractivity (Wildman–Crippen MR) is 170 cm³/mol. The minimum Gasteiger partial charge on any atom is -0.425 e. The molecule has 4 aromatic carbocycles. The number of aromatic nitrogens is 2. The van der Waals surface area contributed by atoms with Gasteiger partial charge in [-0.15, -0.1) is 0 Å². The first-order chi connectivity index (χ1) is 19.1. The molecule has 0 aliphatic heterocycles. The van der Waals surface area contributed by atoms with Crippen molar-refractivity contribution in [3.05, 3.63) is 105 Å². The third kappa shape index (κ3) is 6.29. The van der Waals surface area contributed by atoms with Crippen LogP contribution in [-0.4, -0.2) is 20.5 Å². The van der Waals surface area contributed by atoms with Crippen LogP contribution in [0.25, 0.3) is 22.2 Å². The van der Waals surface area contributed by atoms with Gasteiger partial charge in [-0.2, -0.15) is 4.98 Å². The highest BCUT2D eigenvalue weighted by Crippen LogP contribution is 2.44. The van der Waals surface area contributed by atoms with Gasteiger partial charge in [0, 0.05) is 3.57 Å². The fraction of sp³-hybridized carbons (Fsp3) is 0.194. The number of halogens is 2. The van der Waals surface area contributed by atoms with E-state index in [1.165, 1.54) is 0 Å². The van der Waals surface area contributed by atoms with E-state index in [1.807, 2.05) is 41.8 Å². The number of benzene rings is 4. The quantitative estimate of drug-likeness (QED) is 0.124. The van der Waals surface area contributed by atoms with Crippen molar-refractivity contribution in [1.82, 2.24) is 9.55 Å². The van der Waals surface area contributed by atoms with Gasteiger partial charge in [0.05, 0.1) is 34.0 Å². The molecule has 40 heavy (non-hydrogen) atoms. The Morgan fingerprint density at radius 2 is 1.73 bits per heavy atom. The molecule has 0 radical (unpaired) electrons. The minimum absolute atomic E-state index is 0.210. The van der Waals surface area contributed by atoms with Crippen LogP contribution in [0.5, 0.6) is 11.8 Å². The van der Waals surface area contributed by atoms with Gasteiger partial charge in [0.25, 0.3) is 0 Å². The largest absolute Gasteiger partial charge is 0.425 e. The molecule has 0 amide bonds. The summed E-state index contributed by atoms with van der Waals surface area (Å²) < 4.78 is 27.7. The zero-order chi connectivity index (χ0) is 28.4. The lowest BCUT2D eigenvalue weighted by Crippen LogP contribution is -2.15. The van der Waals surface area contributed by atoms with Crippen LogP contribution in [0.4, 0.5) is 0 Å². The van der Waals surface area contributed by atoms with Crippen molar-refractivity contribution >= 4 is 58.1 Å². The van der Waals surface area contributed by atoms with Crippen molar-refractivity contribution < 1.29 is 18.7 Å². The van der Waals surface area contributed by atoms with Crippen LogP contribution in [0.2, 0.25) is 5.02 Å². The highest BCUT2D eigenvalue weighted by Gasteiger charge is 2.28. The molecule has 0 spiro atoms. The molecule has 9 heteroatoms. The first-order valence-corrected chi connectivity index (χ1v) is 16.0. The summed E-state index contributed by atoms with van der Waals surface area (Å²) in [7, 11) is -4.05. The smallest absolute Gasteiger partial charge is 0.359 e. The molecule has 0 bridgehead atoms. The van der Waals surface area contributed by atoms with Gasteiger partial charge >= 0.3 is 13.6 Å². The van der Waals surface area contributed by atoms with Crippen LogP contribution < -0.4 is 10.0 Å². The Kier molecular flexibility index (Phi) is 8.69. The number of nitrogens with zero attached hydrogens (tertiary/aromatic N) is 2. The van der Waals surface area contributed by atoms with Crippen molar-refractivity contribution in [3.63, 3.8) is 0 Å². The van der Waals surface area contributed by atoms with E-state index in [0.717, 1.165) is 31.3 Å². The van der Waals surface area contributed by atoms with E-state index in [1.54, 1.807) is 32.0 Å². The Labute approximate surface area is 252 Å². The molecule has 1 N–H and O–H groups in total. The summed E-state index contributed by atoms with van der Waals surface area (Å²) in [6, 6.07) is 27.8. The lowest BCUT2D eigenvalue weighted by molar-refractivity contribution is 0.192. The summed E-state index contributed by atoms with van der Waals surface area (Å²) in [5.74, 6) is 0.388. The molecule has 0 aliphatic rings. The topological polar surface area (TPSA) is 73.6 Å². The maximum atomic E-state index is 13.1. The third-order valence-electron chi connectivity index (χ3n) is 6.75. The Morgan fingerprint density at radius 3 is 2.42 bits per heavy atom. The number of imidazole rings is 1. The van der Waals surface area contributed by atoms with Crippen LogP contribution in [0, 0.1) is 10.5 Å². The molecule has 0 saturated carbocycles. The maximum Gasteiger partial charge on any atom is 0.359 e. The first kappa shape index (κ1) is 28.8. The average molecular weight is 687 g/mol. The van der Waals surface area contributed by atoms with Crippen LogP contribution in [0.1, 0.15) is 31.4 Å². The molecule has 5 rings (SSSR count). The van der Waals surface area contributed by atoms with Gasteiger partial charge in [0.1, 0.15) is 5.75 Å². The molecular formula is C31H29ClIN2O4P. The lowest BCUT2D eigenvalue weighted by atomic mass is 10.0. The molecule has 6 nitrogen and oxygen atoms in total. The summed E-state index contributed by atoms with van der Waals surface area (Å²) in [6.07, 6.45) is 0.266. The SMILES string of the molecule is CCC(C)OP(=O)(O)c1cc(Oc2nc3cc(I)c(Cl)cc3n2Cc2ccc(-c3ccccc3)cc2)ccc1C. The van der Waals surface area contributed by atoms with Crippen molar-refractivity contribution in [2.75, 3.05) is 0 Å². The van der Waals surface area contributed by atoms with E-state index in [-0.39, 0.29) is 11.4 Å². The van der Waals surface area contributed by atoms with Gasteiger partial charge in [-0.1, -0.05) is 79.2 Å². The summed E-state index contributed by atoms with van der Waals surface area (Å²) >= 11 is 8.68. The second-order valence-corrected chi connectivity index (χ2v) is 13.0. The number of hydrogen-bond donors (Lipinski definition) is 1. The Morgan fingerprint density at radius 1 is 1.02 bits per heavy atom. The van der Waals surface area contributed by atoms with E-state index in [2.05, 4.69) is 59.0 Å². The van der Waals surface area contributed by atoms with Crippen molar-refractivity contribution in [2.45, 2.75) is 39.8 Å². The normalized spacial score (nSPS) is 13.8. The van der Waals surface area contributed by atoms with Gasteiger partial charge in [-0.05, 0) is 89.4 Å². The zero-order valence-corrected chi connectivity index (χ0v) is 26.2. The van der Waals surface area contributed by atoms with Gasteiger partial charge in [0.2, 0.25) is 0 Å². The van der Waals surface area contributed by atoms with Crippen LogP contribution in [0.3, 0.4) is 0 Å². The maximum absolute atomic E-state index is 13.1. The second-order valence-electron chi connectivity index (χ2n) is 9.69. The summed E-state index contributed by atoms with van der Waals surface area (Å²) in [5, 5.41) is 0.836. The van der Waals surface area contributed by atoms with Crippen molar-refractivity contribution in [3.8, 4) is 22.9 Å². The number of fused-ring (bicyclic) bond motifs is 1. The molecule has 0 fully saturated rings. The lowest BCUT2D eigenvalue weighted by Gasteiger charge is -2.19. The van der Waals surface area contributed by atoms with Crippen molar-refractivity contribution in [2.24, 2.45) is 0 Å². The highest BCUT2D eigenvalue weighted by molar-refractivity contribution is 14.1. The van der Waals surface area contributed by atoms with E-state index in [4.69, 9.17) is 25.8 Å².